The van der Waals surface area contributed by atoms with Crippen LogP contribution in [0.4, 0.5) is 5.69 Å². The fourth-order valence-corrected chi connectivity index (χ4v) is 2.81. The van der Waals surface area contributed by atoms with Gasteiger partial charge in [-0.15, -0.1) is 0 Å². The van der Waals surface area contributed by atoms with Gasteiger partial charge in [0.25, 0.3) is 0 Å². The molecule has 0 aromatic heterocycles. The first-order valence-electron chi connectivity index (χ1n) is 7.22. The van der Waals surface area contributed by atoms with Crippen LogP contribution in [0.2, 0.25) is 0 Å². The normalized spacial score (nSPS) is 16.1. The van der Waals surface area contributed by atoms with Gasteiger partial charge in [0.05, 0.1) is 12.7 Å². The first-order chi connectivity index (χ1) is 9.31. The van der Waals surface area contributed by atoms with Crippen molar-refractivity contribution in [2.24, 2.45) is 5.92 Å². The van der Waals surface area contributed by atoms with Crippen molar-refractivity contribution in [1.82, 2.24) is 0 Å². The Morgan fingerprint density at radius 1 is 1.26 bits per heavy atom. The summed E-state index contributed by atoms with van der Waals surface area (Å²) in [5.41, 5.74) is 1.50. The van der Waals surface area contributed by atoms with E-state index in [4.69, 9.17) is 4.74 Å². The number of methoxy groups -OCH3 is 1. The van der Waals surface area contributed by atoms with Crippen molar-refractivity contribution >= 4 is 11.7 Å². The van der Waals surface area contributed by atoms with Crippen LogP contribution >= 0.6 is 0 Å². The van der Waals surface area contributed by atoms with Gasteiger partial charge in [-0.2, -0.15) is 0 Å². The lowest BCUT2D eigenvalue weighted by Gasteiger charge is -2.22. The number of nitrogens with one attached hydrogen (secondary N) is 1. The van der Waals surface area contributed by atoms with Gasteiger partial charge in [-0.25, -0.2) is 4.79 Å². The predicted molar refractivity (Wildman–Crippen MR) is 77.5 cm³/mol. The molecule has 0 bridgehead atoms. The smallest absolute Gasteiger partial charge is 0.339 e. The lowest BCUT2D eigenvalue weighted by atomic mass is 9.87. The minimum Gasteiger partial charge on any atom is -0.465 e. The van der Waals surface area contributed by atoms with Gasteiger partial charge < -0.3 is 10.1 Å². The summed E-state index contributed by atoms with van der Waals surface area (Å²) in [5.74, 6) is 0.576. The first-order valence-corrected chi connectivity index (χ1v) is 7.22. The zero-order valence-electron chi connectivity index (χ0n) is 11.7. The molecular formula is C16H23NO2. The second-order valence-electron chi connectivity index (χ2n) is 5.26. The maximum Gasteiger partial charge on any atom is 0.339 e. The fourth-order valence-electron chi connectivity index (χ4n) is 2.81. The van der Waals surface area contributed by atoms with Crippen molar-refractivity contribution in [1.29, 1.82) is 0 Å². The van der Waals surface area contributed by atoms with E-state index in [9.17, 15) is 4.79 Å². The number of benzene rings is 1. The van der Waals surface area contributed by atoms with Crippen LogP contribution in [0, 0.1) is 5.92 Å². The van der Waals surface area contributed by atoms with E-state index in [1.165, 1.54) is 45.6 Å². The summed E-state index contributed by atoms with van der Waals surface area (Å²) in [6, 6.07) is 7.54. The Labute approximate surface area is 115 Å². The number of ether oxygens (including phenoxy) is 1. The summed E-state index contributed by atoms with van der Waals surface area (Å²) in [7, 11) is 1.42. The second kappa shape index (κ2) is 7.17. The van der Waals surface area contributed by atoms with Gasteiger partial charge in [-0.1, -0.05) is 44.2 Å². The number of para-hydroxylation sites is 1. The van der Waals surface area contributed by atoms with E-state index in [0.717, 1.165) is 18.2 Å². The van der Waals surface area contributed by atoms with Crippen LogP contribution in [-0.4, -0.2) is 19.6 Å². The molecule has 2 rings (SSSR count). The van der Waals surface area contributed by atoms with E-state index >= 15 is 0 Å². The second-order valence-corrected chi connectivity index (χ2v) is 5.26. The summed E-state index contributed by atoms with van der Waals surface area (Å²) in [4.78, 5) is 11.6. The largest absolute Gasteiger partial charge is 0.465 e. The third-order valence-corrected chi connectivity index (χ3v) is 3.93. The molecule has 1 aliphatic carbocycles. The molecule has 1 aromatic rings. The molecule has 0 spiro atoms. The molecule has 0 heterocycles. The molecule has 1 saturated carbocycles. The standard InChI is InChI=1S/C16H23NO2/c1-19-16(18)14-9-5-6-10-15(14)17-12-11-13-7-3-2-4-8-13/h5-6,9-10,13,17H,2-4,7-8,11-12H2,1H3. The molecule has 0 aliphatic heterocycles. The number of anilines is 1. The van der Waals surface area contributed by atoms with Crippen molar-refractivity contribution < 1.29 is 9.53 Å². The Bertz CT molecular complexity index is 411. The van der Waals surface area contributed by atoms with Crippen molar-refractivity contribution in [2.45, 2.75) is 38.5 Å². The average Bonchev–Trinajstić information content (AvgIpc) is 2.48. The quantitative estimate of drug-likeness (QED) is 0.818. The van der Waals surface area contributed by atoms with Crippen LogP contribution in [0.25, 0.3) is 0 Å². The zero-order valence-corrected chi connectivity index (χ0v) is 11.7. The molecule has 3 heteroatoms. The summed E-state index contributed by atoms with van der Waals surface area (Å²) in [6.45, 7) is 0.929. The van der Waals surface area contributed by atoms with Crippen molar-refractivity contribution in [3.63, 3.8) is 0 Å². The molecule has 1 aromatic carbocycles. The van der Waals surface area contributed by atoms with E-state index < -0.39 is 0 Å². The average molecular weight is 261 g/mol. The summed E-state index contributed by atoms with van der Waals surface area (Å²) >= 11 is 0. The number of carbonyl (C=O) groups excluding carboxylic acids is 1. The van der Waals surface area contributed by atoms with Gasteiger partial charge in [-0.05, 0) is 24.5 Å². The van der Waals surface area contributed by atoms with Crippen LogP contribution in [0.3, 0.4) is 0 Å². The van der Waals surface area contributed by atoms with E-state index in [1.807, 2.05) is 18.2 Å². The Hall–Kier alpha value is -1.51. The van der Waals surface area contributed by atoms with E-state index in [2.05, 4.69) is 5.32 Å². The highest BCUT2D eigenvalue weighted by molar-refractivity contribution is 5.95. The summed E-state index contributed by atoms with van der Waals surface area (Å²) in [6.07, 6.45) is 8.07. The molecule has 1 aliphatic rings. The van der Waals surface area contributed by atoms with Gasteiger partial charge >= 0.3 is 5.97 Å². The van der Waals surface area contributed by atoms with Crippen LogP contribution in [0.1, 0.15) is 48.9 Å². The molecule has 1 N–H and O–H groups in total. The highest BCUT2D eigenvalue weighted by Gasteiger charge is 2.14. The minimum absolute atomic E-state index is 0.277. The van der Waals surface area contributed by atoms with Gasteiger partial charge in [0.2, 0.25) is 0 Å². The van der Waals surface area contributed by atoms with Crippen molar-refractivity contribution in [3.05, 3.63) is 29.8 Å². The molecular weight excluding hydrogens is 238 g/mol. The van der Waals surface area contributed by atoms with E-state index in [0.29, 0.717) is 5.56 Å². The lowest BCUT2D eigenvalue weighted by Crippen LogP contribution is -2.14. The number of rotatable bonds is 5. The van der Waals surface area contributed by atoms with E-state index in [-0.39, 0.29) is 5.97 Å². The number of hydrogen-bond acceptors (Lipinski definition) is 3. The fraction of sp³-hybridized carbons (Fsp3) is 0.562. The molecule has 19 heavy (non-hydrogen) atoms. The maximum absolute atomic E-state index is 11.6. The van der Waals surface area contributed by atoms with Crippen LogP contribution in [-0.2, 0) is 4.74 Å². The van der Waals surface area contributed by atoms with Gasteiger partial charge in [0.15, 0.2) is 0 Å². The molecule has 0 atom stereocenters. The first kappa shape index (κ1) is 13.9. The van der Waals surface area contributed by atoms with Gasteiger partial charge in [0, 0.05) is 12.2 Å². The predicted octanol–water partition coefficient (Wildman–Crippen LogP) is 3.86. The van der Waals surface area contributed by atoms with Gasteiger partial charge in [0.1, 0.15) is 0 Å². The Kier molecular flexibility index (Phi) is 5.25. The van der Waals surface area contributed by atoms with Crippen molar-refractivity contribution in [2.75, 3.05) is 19.0 Å². The third-order valence-electron chi connectivity index (χ3n) is 3.93. The molecule has 0 radical (unpaired) electrons. The highest BCUT2D eigenvalue weighted by Crippen LogP contribution is 2.26. The molecule has 3 nitrogen and oxygen atoms in total. The Morgan fingerprint density at radius 2 is 2.00 bits per heavy atom. The Morgan fingerprint density at radius 3 is 2.74 bits per heavy atom. The molecule has 1 fully saturated rings. The van der Waals surface area contributed by atoms with Crippen LogP contribution in [0.15, 0.2) is 24.3 Å². The summed E-state index contributed by atoms with van der Waals surface area (Å²) in [5, 5.41) is 3.37. The number of carbonyl (C=O) groups is 1. The van der Waals surface area contributed by atoms with Crippen LogP contribution in [0.5, 0.6) is 0 Å². The van der Waals surface area contributed by atoms with Gasteiger partial charge in [-0.3, -0.25) is 0 Å². The Balaban J connectivity index is 1.86. The zero-order chi connectivity index (χ0) is 13.5. The molecule has 0 unspecified atom stereocenters. The topological polar surface area (TPSA) is 38.3 Å². The molecule has 0 amide bonds. The highest BCUT2D eigenvalue weighted by atomic mass is 16.5. The summed E-state index contributed by atoms with van der Waals surface area (Å²) < 4.78 is 4.79. The number of esters is 1. The monoisotopic (exact) mass is 261 g/mol. The maximum atomic E-state index is 11.6. The van der Waals surface area contributed by atoms with E-state index in [1.54, 1.807) is 6.07 Å². The SMILES string of the molecule is COC(=O)c1ccccc1NCCC1CCCCC1. The third kappa shape index (κ3) is 3.98. The number of hydrogen-bond donors (Lipinski definition) is 1. The van der Waals surface area contributed by atoms with Crippen LogP contribution < -0.4 is 5.32 Å². The minimum atomic E-state index is -0.277. The van der Waals surface area contributed by atoms with Crippen molar-refractivity contribution in [3.8, 4) is 0 Å². The molecule has 104 valence electrons. The molecule has 0 saturated heterocycles. The lowest BCUT2D eigenvalue weighted by molar-refractivity contribution is 0.0602.